The third-order valence-corrected chi connectivity index (χ3v) is 9.67. The van der Waals surface area contributed by atoms with Gasteiger partial charge in [-0.05, 0) is 44.6 Å². The molecule has 1 saturated carbocycles. The zero-order valence-corrected chi connectivity index (χ0v) is 25.9. The fourth-order valence-corrected chi connectivity index (χ4v) is 7.39. The van der Waals surface area contributed by atoms with Crippen molar-refractivity contribution in [2.45, 2.75) is 84.1 Å². The van der Waals surface area contributed by atoms with Gasteiger partial charge >= 0.3 is 6.15 Å². The molecule has 212 valence electrons. The van der Waals surface area contributed by atoms with Crippen LogP contribution < -0.4 is 4.72 Å². The van der Waals surface area contributed by atoms with E-state index in [4.69, 9.17) is 42.2 Å². The minimum Gasteiger partial charge on any atom is -0.419 e. The zero-order valence-electron chi connectivity index (χ0n) is 22.7. The quantitative estimate of drug-likeness (QED) is 0.315. The van der Waals surface area contributed by atoms with Gasteiger partial charge in [0, 0.05) is 17.5 Å². The first kappa shape index (κ1) is 31.4. The van der Waals surface area contributed by atoms with Crippen LogP contribution in [0.3, 0.4) is 0 Å². The van der Waals surface area contributed by atoms with E-state index < -0.39 is 15.6 Å². The van der Waals surface area contributed by atoms with Crippen molar-refractivity contribution in [2.24, 2.45) is 11.3 Å². The molecule has 0 unspecified atom stereocenters. The van der Waals surface area contributed by atoms with Crippen molar-refractivity contribution in [1.82, 2.24) is 19.9 Å². The molecule has 2 aromatic heterocycles. The molecular weight excluding hydrogens is 583 g/mol. The van der Waals surface area contributed by atoms with Crippen LogP contribution in [0.25, 0.3) is 21.3 Å². The van der Waals surface area contributed by atoms with Crippen LogP contribution in [0.1, 0.15) is 72.4 Å². The minimum atomic E-state index is -3.86. The van der Waals surface area contributed by atoms with Gasteiger partial charge in [-0.3, -0.25) is 0 Å². The van der Waals surface area contributed by atoms with Gasteiger partial charge < -0.3 is 4.42 Å². The van der Waals surface area contributed by atoms with Crippen molar-refractivity contribution in [3.05, 3.63) is 33.8 Å². The third-order valence-electron chi connectivity index (χ3n) is 5.76. The van der Waals surface area contributed by atoms with E-state index in [1.54, 1.807) is 26.8 Å². The van der Waals surface area contributed by atoms with Gasteiger partial charge in [-0.25, -0.2) is 18.1 Å². The Kier molecular flexibility index (Phi) is 9.79. The van der Waals surface area contributed by atoms with Crippen LogP contribution in [0.5, 0.6) is 0 Å². The molecule has 4 rings (SSSR count). The lowest BCUT2D eigenvalue weighted by molar-refractivity contribution is -0.191. The van der Waals surface area contributed by atoms with Gasteiger partial charge in [0.15, 0.2) is 5.01 Å². The Morgan fingerprint density at radius 3 is 2.26 bits per heavy atom. The third kappa shape index (κ3) is 8.19. The molecule has 1 aliphatic rings. The van der Waals surface area contributed by atoms with Crippen LogP contribution in [0.4, 0.5) is 0 Å². The van der Waals surface area contributed by atoms with Crippen molar-refractivity contribution in [3.63, 3.8) is 0 Å². The number of halogens is 2. The fourth-order valence-electron chi connectivity index (χ4n) is 4.00. The van der Waals surface area contributed by atoms with Gasteiger partial charge in [0.1, 0.15) is 4.90 Å². The van der Waals surface area contributed by atoms with Crippen LogP contribution in [-0.4, -0.2) is 35.3 Å². The van der Waals surface area contributed by atoms with Crippen LogP contribution in [0.15, 0.2) is 21.4 Å². The van der Waals surface area contributed by atoms with Crippen molar-refractivity contribution < 1.29 is 22.4 Å². The lowest BCUT2D eigenvalue weighted by Crippen LogP contribution is -2.40. The summed E-state index contributed by atoms with van der Waals surface area (Å²) in [5.74, 6) is 1.50. The lowest BCUT2D eigenvalue weighted by atomic mass is 9.82. The lowest BCUT2D eigenvalue weighted by Gasteiger charge is -2.25. The Morgan fingerprint density at radius 1 is 1.08 bits per heavy atom. The molecule has 0 saturated heterocycles. The maximum Gasteiger partial charge on any atom is 0.373 e. The van der Waals surface area contributed by atoms with Crippen molar-refractivity contribution in [3.8, 4) is 21.3 Å². The molecule has 1 N–H and O–H groups in total. The Bertz CT molecular complexity index is 1460. The molecule has 2 heterocycles. The van der Waals surface area contributed by atoms with Crippen molar-refractivity contribution in [1.29, 1.82) is 0 Å². The molecule has 0 bridgehead atoms. The van der Waals surface area contributed by atoms with Crippen LogP contribution >= 0.6 is 34.5 Å². The minimum absolute atomic E-state index is 0.0132. The molecule has 9 nitrogen and oxygen atoms in total. The SMILES string of the molecule is CC(C)(C)Cc1nnc(-c2nc(CC3CCC3)c(-c3ccc(S(=O)(=O)NC(C)(C)C)c(Cl)c3Cl)s2)o1.O=C=O. The summed E-state index contributed by atoms with van der Waals surface area (Å²) in [7, 11) is -3.86. The number of carbonyl (C=O) groups excluding carboxylic acids is 2. The Labute approximate surface area is 242 Å². The molecule has 3 aromatic rings. The number of hydrogen-bond donors (Lipinski definition) is 1. The second-order valence-electron chi connectivity index (χ2n) is 11.7. The number of hydrogen-bond acceptors (Lipinski definition) is 9. The molecule has 0 radical (unpaired) electrons. The summed E-state index contributed by atoms with van der Waals surface area (Å²) in [5, 5.41) is 9.22. The number of nitrogens with zero attached hydrogens (tertiary/aromatic N) is 3. The highest BCUT2D eigenvalue weighted by Gasteiger charge is 2.29. The first-order valence-electron chi connectivity index (χ1n) is 12.4. The number of thiazole rings is 1. The highest BCUT2D eigenvalue weighted by molar-refractivity contribution is 7.89. The maximum atomic E-state index is 12.9. The summed E-state index contributed by atoms with van der Waals surface area (Å²) in [6.45, 7) is 11.6. The topological polar surface area (TPSA) is 132 Å². The molecule has 1 aromatic carbocycles. The zero-order chi connectivity index (χ0) is 29.2. The Balaban J connectivity index is 0.00000134. The molecule has 39 heavy (non-hydrogen) atoms. The maximum absolute atomic E-state index is 12.9. The highest BCUT2D eigenvalue weighted by atomic mass is 35.5. The molecule has 1 fully saturated rings. The second kappa shape index (κ2) is 12.2. The van der Waals surface area contributed by atoms with E-state index in [0.717, 1.165) is 29.8 Å². The molecule has 1 aliphatic carbocycles. The predicted octanol–water partition coefficient (Wildman–Crippen LogP) is 6.59. The molecule has 0 spiro atoms. The summed E-state index contributed by atoms with van der Waals surface area (Å²) >= 11 is 14.6. The molecule has 13 heteroatoms. The summed E-state index contributed by atoms with van der Waals surface area (Å²) in [6.07, 6.45) is 5.25. The summed E-state index contributed by atoms with van der Waals surface area (Å²) in [6, 6.07) is 3.20. The summed E-state index contributed by atoms with van der Waals surface area (Å²) in [5.41, 5.74) is 0.883. The van der Waals surface area contributed by atoms with Crippen molar-refractivity contribution in [2.75, 3.05) is 0 Å². The summed E-state index contributed by atoms with van der Waals surface area (Å²) in [4.78, 5) is 21.9. The number of benzene rings is 1. The smallest absolute Gasteiger partial charge is 0.373 e. The highest BCUT2D eigenvalue weighted by Crippen LogP contribution is 2.44. The average molecular weight is 616 g/mol. The van der Waals surface area contributed by atoms with E-state index in [1.165, 1.54) is 23.8 Å². The largest absolute Gasteiger partial charge is 0.419 e. The van der Waals surface area contributed by atoms with E-state index in [0.29, 0.717) is 34.7 Å². The predicted molar refractivity (Wildman–Crippen MR) is 150 cm³/mol. The first-order chi connectivity index (χ1) is 18.0. The van der Waals surface area contributed by atoms with Crippen LogP contribution in [0.2, 0.25) is 10.0 Å². The Hall–Kier alpha value is -2.14. The van der Waals surface area contributed by atoms with Gasteiger partial charge in [-0.1, -0.05) is 69.3 Å². The Morgan fingerprint density at radius 2 is 1.72 bits per heavy atom. The van der Waals surface area contributed by atoms with Crippen LogP contribution in [0, 0.1) is 11.3 Å². The monoisotopic (exact) mass is 614 g/mol. The van der Waals surface area contributed by atoms with E-state index in [1.807, 2.05) is 0 Å². The second-order valence-corrected chi connectivity index (χ2v) is 15.1. The number of aromatic nitrogens is 3. The molecule has 0 aliphatic heterocycles. The van der Waals surface area contributed by atoms with Gasteiger partial charge in [-0.15, -0.1) is 21.5 Å². The first-order valence-corrected chi connectivity index (χ1v) is 15.4. The van der Waals surface area contributed by atoms with Gasteiger partial charge in [0.25, 0.3) is 5.89 Å². The fraction of sp³-hybridized carbons (Fsp3) is 0.538. The number of nitrogens with one attached hydrogen (secondary N) is 1. The van der Waals surface area contributed by atoms with E-state index >= 15 is 0 Å². The van der Waals surface area contributed by atoms with Crippen LogP contribution in [-0.2, 0) is 32.5 Å². The van der Waals surface area contributed by atoms with Gasteiger partial charge in [-0.2, -0.15) is 9.59 Å². The van der Waals surface area contributed by atoms with Gasteiger partial charge in [0.05, 0.1) is 20.6 Å². The van der Waals surface area contributed by atoms with E-state index in [9.17, 15) is 8.42 Å². The van der Waals surface area contributed by atoms with E-state index in [2.05, 4.69) is 35.7 Å². The number of sulfonamides is 1. The molecule has 0 atom stereocenters. The number of rotatable bonds is 7. The average Bonchev–Trinajstić information content (AvgIpc) is 3.37. The standard InChI is InChI=1S/C25H32Cl2N4O3S2.CO2/c1-24(2,3)13-18-29-30-22(34-18)23-28-16(12-14-8-7-9-14)21(35-23)15-10-11-17(20(27)19(15)26)36(32,33)31-25(4,5)6;2-1-3/h10-11,14,31H,7-9,12-13H2,1-6H3;. The molecule has 0 amide bonds. The van der Waals surface area contributed by atoms with Crippen molar-refractivity contribution >= 4 is 50.7 Å². The van der Waals surface area contributed by atoms with Gasteiger partial charge in [0.2, 0.25) is 15.9 Å². The summed E-state index contributed by atoms with van der Waals surface area (Å²) < 4.78 is 34.4. The molecular formula is C26H32Cl2N4O5S2. The normalized spacial score (nSPS) is 14.4. The van der Waals surface area contributed by atoms with E-state index in [-0.39, 0.29) is 26.5 Å².